The molecule has 5 nitrogen and oxygen atoms in total. The number of rotatable bonds is 7. The Morgan fingerprint density at radius 1 is 1.35 bits per heavy atom. The van der Waals surface area contributed by atoms with Gasteiger partial charge in [-0.3, -0.25) is 0 Å². The van der Waals surface area contributed by atoms with E-state index in [2.05, 4.69) is 20.9 Å². The SMILES string of the molecule is COCCOCCOC(=O)c1ccnc(Br)c1. The first-order valence-electron chi connectivity index (χ1n) is 5.09. The van der Waals surface area contributed by atoms with Crippen LogP contribution in [0.5, 0.6) is 0 Å². The quantitative estimate of drug-likeness (QED) is 0.436. The van der Waals surface area contributed by atoms with E-state index in [9.17, 15) is 4.79 Å². The Balaban J connectivity index is 2.21. The van der Waals surface area contributed by atoms with Crippen LogP contribution in [0, 0.1) is 0 Å². The highest BCUT2D eigenvalue weighted by molar-refractivity contribution is 9.10. The topological polar surface area (TPSA) is 57.7 Å². The monoisotopic (exact) mass is 303 g/mol. The summed E-state index contributed by atoms with van der Waals surface area (Å²) >= 11 is 3.18. The maximum Gasteiger partial charge on any atom is 0.338 e. The van der Waals surface area contributed by atoms with Gasteiger partial charge in [-0.25, -0.2) is 9.78 Å². The summed E-state index contributed by atoms with van der Waals surface area (Å²) in [6.07, 6.45) is 1.54. The van der Waals surface area contributed by atoms with Crippen molar-refractivity contribution in [2.75, 3.05) is 33.5 Å². The third kappa shape index (κ3) is 5.76. The molecule has 1 rings (SSSR count). The highest BCUT2D eigenvalue weighted by Crippen LogP contribution is 2.08. The molecule has 0 aliphatic carbocycles. The third-order valence-electron chi connectivity index (χ3n) is 1.85. The van der Waals surface area contributed by atoms with Gasteiger partial charge in [0.15, 0.2) is 0 Å². The molecule has 0 bridgehead atoms. The zero-order chi connectivity index (χ0) is 12.5. The summed E-state index contributed by atoms with van der Waals surface area (Å²) in [4.78, 5) is 15.5. The highest BCUT2D eigenvalue weighted by Gasteiger charge is 2.07. The molecule has 0 N–H and O–H groups in total. The standard InChI is InChI=1S/C11H14BrNO4/c1-15-4-5-16-6-7-17-11(14)9-2-3-13-10(12)8-9/h2-3,8H,4-7H2,1H3. The molecule has 17 heavy (non-hydrogen) atoms. The molecule has 0 atom stereocenters. The summed E-state index contributed by atoms with van der Waals surface area (Å²) in [6.45, 7) is 1.62. The zero-order valence-corrected chi connectivity index (χ0v) is 11.1. The molecule has 0 aromatic carbocycles. The summed E-state index contributed by atoms with van der Waals surface area (Å²) in [6, 6.07) is 3.20. The fraction of sp³-hybridized carbons (Fsp3) is 0.455. The second-order valence-corrected chi connectivity index (χ2v) is 3.92. The molecule has 1 heterocycles. The smallest absolute Gasteiger partial charge is 0.338 e. The van der Waals surface area contributed by atoms with E-state index in [1.807, 2.05) is 0 Å². The van der Waals surface area contributed by atoms with E-state index in [1.54, 1.807) is 19.2 Å². The maximum atomic E-state index is 11.5. The van der Waals surface area contributed by atoms with Crippen LogP contribution in [-0.4, -0.2) is 44.5 Å². The van der Waals surface area contributed by atoms with Crippen LogP contribution >= 0.6 is 15.9 Å². The number of aromatic nitrogens is 1. The van der Waals surface area contributed by atoms with Gasteiger partial charge >= 0.3 is 5.97 Å². The minimum absolute atomic E-state index is 0.225. The van der Waals surface area contributed by atoms with Gasteiger partial charge in [0, 0.05) is 13.3 Å². The van der Waals surface area contributed by atoms with Gasteiger partial charge in [0.05, 0.1) is 25.4 Å². The number of esters is 1. The van der Waals surface area contributed by atoms with Gasteiger partial charge in [-0.2, -0.15) is 0 Å². The number of hydrogen-bond acceptors (Lipinski definition) is 5. The number of carbonyl (C=O) groups excluding carboxylic acids is 1. The van der Waals surface area contributed by atoms with Crippen molar-refractivity contribution in [2.45, 2.75) is 0 Å². The number of methoxy groups -OCH3 is 1. The lowest BCUT2D eigenvalue weighted by Gasteiger charge is -2.05. The van der Waals surface area contributed by atoms with Crippen molar-refractivity contribution in [3.8, 4) is 0 Å². The van der Waals surface area contributed by atoms with Crippen LogP contribution in [0.2, 0.25) is 0 Å². The van der Waals surface area contributed by atoms with E-state index in [-0.39, 0.29) is 12.6 Å². The Kier molecular flexibility index (Phi) is 6.76. The predicted octanol–water partition coefficient (Wildman–Crippen LogP) is 1.66. The van der Waals surface area contributed by atoms with E-state index in [4.69, 9.17) is 14.2 Å². The Morgan fingerprint density at radius 3 is 2.82 bits per heavy atom. The first-order valence-corrected chi connectivity index (χ1v) is 5.88. The van der Waals surface area contributed by atoms with Crippen molar-refractivity contribution in [2.24, 2.45) is 0 Å². The predicted molar refractivity (Wildman–Crippen MR) is 64.9 cm³/mol. The van der Waals surface area contributed by atoms with Gasteiger partial charge in [0.1, 0.15) is 11.2 Å². The van der Waals surface area contributed by atoms with Crippen molar-refractivity contribution in [3.05, 3.63) is 28.5 Å². The van der Waals surface area contributed by atoms with Crippen molar-refractivity contribution in [1.82, 2.24) is 4.98 Å². The average Bonchev–Trinajstić information content (AvgIpc) is 2.33. The average molecular weight is 304 g/mol. The minimum Gasteiger partial charge on any atom is -0.460 e. The molecular formula is C11H14BrNO4. The van der Waals surface area contributed by atoms with Crippen LogP contribution in [0.15, 0.2) is 22.9 Å². The van der Waals surface area contributed by atoms with Crippen LogP contribution in [0.4, 0.5) is 0 Å². The zero-order valence-electron chi connectivity index (χ0n) is 9.52. The van der Waals surface area contributed by atoms with Gasteiger partial charge in [-0.15, -0.1) is 0 Å². The van der Waals surface area contributed by atoms with Crippen molar-refractivity contribution in [3.63, 3.8) is 0 Å². The molecule has 0 radical (unpaired) electrons. The molecule has 94 valence electrons. The lowest BCUT2D eigenvalue weighted by molar-refractivity contribution is 0.0213. The van der Waals surface area contributed by atoms with Crippen molar-refractivity contribution in [1.29, 1.82) is 0 Å². The summed E-state index contributed by atoms with van der Waals surface area (Å²) in [5, 5.41) is 0. The number of hydrogen-bond donors (Lipinski definition) is 0. The molecule has 6 heteroatoms. The van der Waals surface area contributed by atoms with E-state index in [0.29, 0.717) is 30.0 Å². The largest absolute Gasteiger partial charge is 0.460 e. The third-order valence-corrected chi connectivity index (χ3v) is 2.29. The Labute approximate surface area is 108 Å². The second kappa shape index (κ2) is 8.16. The number of ether oxygens (including phenoxy) is 3. The molecule has 0 aliphatic rings. The Hall–Kier alpha value is -0.980. The van der Waals surface area contributed by atoms with Crippen LogP contribution in [-0.2, 0) is 14.2 Å². The van der Waals surface area contributed by atoms with Crippen LogP contribution in [0.1, 0.15) is 10.4 Å². The Bertz CT molecular complexity index is 359. The second-order valence-electron chi connectivity index (χ2n) is 3.11. The fourth-order valence-electron chi connectivity index (χ4n) is 1.05. The molecule has 0 aliphatic heterocycles. The maximum absolute atomic E-state index is 11.5. The molecule has 1 aromatic heterocycles. The number of halogens is 1. The summed E-state index contributed by atoms with van der Waals surface area (Å²) < 4.78 is 15.6. The first-order chi connectivity index (χ1) is 8.24. The molecule has 0 saturated carbocycles. The molecule has 0 fully saturated rings. The molecular weight excluding hydrogens is 290 g/mol. The van der Waals surface area contributed by atoms with Gasteiger partial charge in [-0.05, 0) is 28.1 Å². The first kappa shape index (κ1) is 14.1. The molecule has 1 aromatic rings. The lowest BCUT2D eigenvalue weighted by atomic mass is 10.3. The van der Waals surface area contributed by atoms with Gasteiger partial charge in [0.25, 0.3) is 0 Å². The number of pyridine rings is 1. The number of carbonyl (C=O) groups is 1. The minimum atomic E-state index is -0.386. The van der Waals surface area contributed by atoms with E-state index < -0.39 is 0 Å². The van der Waals surface area contributed by atoms with Gasteiger partial charge < -0.3 is 14.2 Å². The normalized spacial score (nSPS) is 10.2. The van der Waals surface area contributed by atoms with Crippen LogP contribution in [0.25, 0.3) is 0 Å². The van der Waals surface area contributed by atoms with E-state index >= 15 is 0 Å². The molecule has 0 saturated heterocycles. The van der Waals surface area contributed by atoms with Crippen LogP contribution < -0.4 is 0 Å². The number of nitrogens with zero attached hydrogens (tertiary/aromatic N) is 1. The fourth-order valence-corrected chi connectivity index (χ4v) is 1.42. The van der Waals surface area contributed by atoms with E-state index in [0.717, 1.165) is 0 Å². The van der Waals surface area contributed by atoms with Crippen LogP contribution in [0.3, 0.4) is 0 Å². The Morgan fingerprint density at radius 2 is 2.12 bits per heavy atom. The molecule has 0 amide bonds. The molecule has 0 spiro atoms. The van der Waals surface area contributed by atoms with Gasteiger partial charge in [0.2, 0.25) is 0 Å². The summed E-state index contributed by atoms with van der Waals surface area (Å²) in [5.74, 6) is -0.386. The summed E-state index contributed by atoms with van der Waals surface area (Å²) in [7, 11) is 1.60. The molecule has 0 unspecified atom stereocenters. The van der Waals surface area contributed by atoms with Crippen molar-refractivity contribution < 1.29 is 19.0 Å². The highest BCUT2D eigenvalue weighted by atomic mass is 79.9. The lowest BCUT2D eigenvalue weighted by Crippen LogP contribution is -2.12. The van der Waals surface area contributed by atoms with Crippen molar-refractivity contribution >= 4 is 21.9 Å². The van der Waals surface area contributed by atoms with Gasteiger partial charge in [-0.1, -0.05) is 0 Å². The summed E-state index contributed by atoms with van der Waals surface area (Å²) in [5.41, 5.74) is 0.462. The van der Waals surface area contributed by atoms with E-state index in [1.165, 1.54) is 6.20 Å².